The van der Waals surface area contributed by atoms with E-state index in [9.17, 15) is 14.4 Å². The summed E-state index contributed by atoms with van der Waals surface area (Å²) in [6, 6.07) is 3.69. The first kappa shape index (κ1) is 18.4. The number of aromatic nitrogens is 4. The Bertz CT molecular complexity index is 1090. The van der Waals surface area contributed by atoms with Crippen LogP contribution in [0.4, 0.5) is 0 Å². The van der Waals surface area contributed by atoms with E-state index in [0.29, 0.717) is 17.4 Å². The molecule has 0 aliphatic carbocycles. The molecule has 0 fully saturated rings. The van der Waals surface area contributed by atoms with Crippen molar-refractivity contribution in [3.8, 4) is 0 Å². The summed E-state index contributed by atoms with van der Waals surface area (Å²) in [6.07, 6.45) is 1.42. The van der Waals surface area contributed by atoms with Crippen LogP contribution < -0.4 is 11.2 Å². The minimum absolute atomic E-state index is 0.0309. The predicted octanol–water partition coefficient (Wildman–Crippen LogP) is 1.20. The number of thiophene rings is 1. The fraction of sp³-hybridized carbons (Fsp3) is 0.375. The highest BCUT2D eigenvalue weighted by Gasteiger charge is 2.19. The minimum atomic E-state index is -0.471. The highest BCUT2D eigenvalue weighted by Crippen LogP contribution is 2.22. The normalized spacial score (nSPS) is 11.2. The zero-order valence-electron chi connectivity index (χ0n) is 14.6. The van der Waals surface area contributed by atoms with Crippen LogP contribution in [0.5, 0.6) is 0 Å². The van der Waals surface area contributed by atoms with E-state index in [1.54, 1.807) is 18.0 Å². The average molecular weight is 396 g/mol. The van der Waals surface area contributed by atoms with Crippen LogP contribution in [0, 0.1) is 0 Å². The van der Waals surface area contributed by atoms with Gasteiger partial charge in [-0.15, -0.1) is 11.3 Å². The molecule has 0 aromatic carbocycles. The second-order valence-electron chi connectivity index (χ2n) is 5.86. The standard InChI is InChI=1S/C16H18ClN5O3S/c1-4-21(7-10-5-6-11(17)26-10)12(23)8-22-9-18-14-13(22)15(24)20(3)16(25)19(14)2/h5-6,9H,4,7-8H2,1-3H3. The first-order valence-corrected chi connectivity index (χ1v) is 9.15. The second kappa shape index (κ2) is 7.08. The first-order chi connectivity index (χ1) is 12.3. The average Bonchev–Trinajstić information content (AvgIpc) is 3.22. The van der Waals surface area contributed by atoms with Crippen molar-refractivity contribution in [2.75, 3.05) is 6.54 Å². The molecule has 0 aliphatic heterocycles. The molecule has 3 heterocycles. The third-order valence-electron chi connectivity index (χ3n) is 4.23. The summed E-state index contributed by atoms with van der Waals surface area (Å²) < 4.78 is 4.47. The van der Waals surface area contributed by atoms with Crippen LogP contribution in [0.1, 0.15) is 11.8 Å². The lowest BCUT2D eigenvalue weighted by molar-refractivity contribution is -0.132. The smallest absolute Gasteiger partial charge is 0.332 e. The Morgan fingerprint density at radius 2 is 2.00 bits per heavy atom. The number of halogens is 1. The maximum atomic E-state index is 12.7. The molecule has 10 heteroatoms. The molecule has 0 bridgehead atoms. The van der Waals surface area contributed by atoms with Crippen molar-refractivity contribution in [3.05, 3.63) is 48.5 Å². The number of aryl methyl sites for hydroxylation is 1. The maximum absolute atomic E-state index is 12.7. The molecule has 3 rings (SSSR count). The molecule has 138 valence electrons. The van der Waals surface area contributed by atoms with Gasteiger partial charge in [0.25, 0.3) is 5.56 Å². The van der Waals surface area contributed by atoms with Gasteiger partial charge in [0, 0.05) is 25.5 Å². The van der Waals surface area contributed by atoms with Gasteiger partial charge in [-0.2, -0.15) is 0 Å². The van der Waals surface area contributed by atoms with E-state index in [4.69, 9.17) is 11.6 Å². The van der Waals surface area contributed by atoms with Crippen LogP contribution in [-0.4, -0.2) is 36.0 Å². The number of fused-ring (bicyclic) bond motifs is 1. The summed E-state index contributed by atoms with van der Waals surface area (Å²) in [5.41, 5.74) is -0.428. The van der Waals surface area contributed by atoms with Gasteiger partial charge in [0.1, 0.15) is 6.54 Å². The Labute approximate surface area is 157 Å². The largest absolute Gasteiger partial charge is 0.336 e. The quantitative estimate of drug-likeness (QED) is 0.650. The number of imidazole rings is 1. The van der Waals surface area contributed by atoms with Gasteiger partial charge in [0.15, 0.2) is 11.2 Å². The maximum Gasteiger partial charge on any atom is 0.332 e. The zero-order valence-corrected chi connectivity index (χ0v) is 16.2. The number of carbonyl (C=O) groups is 1. The lowest BCUT2D eigenvalue weighted by Crippen LogP contribution is -2.38. The molecule has 3 aromatic rings. The molecular formula is C16H18ClN5O3S. The molecule has 0 saturated heterocycles. The fourth-order valence-corrected chi connectivity index (χ4v) is 3.87. The predicted molar refractivity (Wildman–Crippen MR) is 101 cm³/mol. The Kier molecular flexibility index (Phi) is 5.01. The van der Waals surface area contributed by atoms with Crippen molar-refractivity contribution >= 4 is 40.0 Å². The molecule has 0 radical (unpaired) electrons. The van der Waals surface area contributed by atoms with Crippen molar-refractivity contribution in [2.24, 2.45) is 14.1 Å². The molecule has 0 saturated carbocycles. The van der Waals surface area contributed by atoms with E-state index in [0.717, 1.165) is 9.44 Å². The van der Waals surface area contributed by atoms with Gasteiger partial charge in [-0.05, 0) is 19.1 Å². The number of hydrogen-bond donors (Lipinski definition) is 0. The fourth-order valence-electron chi connectivity index (χ4n) is 2.76. The molecule has 3 aromatic heterocycles. The molecule has 26 heavy (non-hydrogen) atoms. The van der Waals surface area contributed by atoms with Crippen molar-refractivity contribution in [2.45, 2.75) is 20.0 Å². The summed E-state index contributed by atoms with van der Waals surface area (Å²) in [4.78, 5) is 44.0. The second-order valence-corrected chi connectivity index (χ2v) is 7.66. The Balaban J connectivity index is 1.91. The number of nitrogens with zero attached hydrogens (tertiary/aromatic N) is 5. The van der Waals surface area contributed by atoms with Crippen LogP contribution in [0.25, 0.3) is 11.2 Å². The van der Waals surface area contributed by atoms with Crippen LogP contribution in [0.15, 0.2) is 28.0 Å². The molecule has 0 atom stereocenters. The van der Waals surface area contributed by atoms with Crippen LogP contribution >= 0.6 is 22.9 Å². The number of hydrogen-bond acceptors (Lipinski definition) is 5. The molecule has 8 nitrogen and oxygen atoms in total. The summed E-state index contributed by atoms with van der Waals surface area (Å²) in [5, 5.41) is 0. The van der Waals surface area contributed by atoms with Crippen LogP contribution in [-0.2, 0) is 32.0 Å². The van der Waals surface area contributed by atoms with E-state index < -0.39 is 11.2 Å². The Hall–Kier alpha value is -2.39. The van der Waals surface area contributed by atoms with E-state index in [-0.39, 0.29) is 23.6 Å². The van der Waals surface area contributed by atoms with Gasteiger partial charge in [0.2, 0.25) is 5.91 Å². The van der Waals surface area contributed by atoms with Gasteiger partial charge in [-0.25, -0.2) is 9.78 Å². The summed E-state index contributed by atoms with van der Waals surface area (Å²) in [7, 11) is 2.95. The van der Waals surface area contributed by atoms with Crippen molar-refractivity contribution < 1.29 is 4.79 Å². The van der Waals surface area contributed by atoms with Gasteiger partial charge in [-0.1, -0.05) is 11.6 Å². The summed E-state index contributed by atoms with van der Waals surface area (Å²) in [6.45, 7) is 2.84. The third kappa shape index (κ3) is 3.19. The Morgan fingerprint density at radius 3 is 2.62 bits per heavy atom. The van der Waals surface area contributed by atoms with Gasteiger partial charge < -0.3 is 9.47 Å². The number of likely N-dealkylation sites (N-methyl/N-ethyl adjacent to an activating group) is 1. The van der Waals surface area contributed by atoms with Crippen molar-refractivity contribution in [1.82, 2.24) is 23.6 Å². The minimum Gasteiger partial charge on any atom is -0.336 e. The van der Waals surface area contributed by atoms with E-state index in [2.05, 4.69) is 4.98 Å². The molecule has 1 amide bonds. The van der Waals surface area contributed by atoms with E-state index in [1.807, 2.05) is 13.0 Å². The van der Waals surface area contributed by atoms with E-state index in [1.165, 1.54) is 33.8 Å². The van der Waals surface area contributed by atoms with Gasteiger partial charge in [-0.3, -0.25) is 18.7 Å². The SMILES string of the molecule is CCN(Cc1ccc(Cl)s1)C(=O)Cn1cnc2c1c(=O)n(C)c(=O)n2C. The lowest BCUT2D eigenvalue weighted by atomic mass is 10.3. The number of carbonyl (C=O) groups excluding carboxylic acids is 1. The zero-order chi connectivity index (χ0) is 19.0. The van der Waals surface area contributed by atoms with E-state index >= 15 is 0 Å². The Morgan fingerprint density at radius 1 is 1.27 bits per heavy atom. The molecule has 0 N–H and O–H groups in total. The third-order valence-corrected chi connectivity index (χ3v) is 5.45. The monoisotopic (exact) mass is 395 g/mol. The highest BCUT2D eigenvalue weighted by molar-refractivity contribution is 7.16. The molecule has 0 unspecified atom stereocenters. The van der Waals surface area contributed by atoms with Gasteiger partial charge >= 0.3 is 5.69 Å². The summed E-state index contributed by atoms with van der Waals surface area (Å²) in [5.74, 6) is -0.146. The topological polar surface area (TPSA) is 82.1 Å². The van der Waals surface area contributed by atoms with Crippen molar-refractivity contribution in [1.29, 1.82) is 0 Å². The molecular weight excluding hydrogens is 378 g/mol. The molecule has 0 aliphatic rings. The van der Waals surface area contributed by atoms with Gasteiger partial charge in [0.05, 0.1) is 17.2 Å². The van der Waals surface area contributed by atoms with Crippen LogP contribution in [0.3, 0.4) is 0 Å². The number of rotatable bonds is 5. The first-order valence-electron chi connectivity index (χ1n) is 7.96. The summed E-state index contributed by atoms with van der Waals surface area (Å²) >= 11 is 7.37. The van der Waals surface area contributed by atoms with Crippen LogP contribution in [0.2, 0.25) is 4.34 Å². The highest BCUT2D eigenvalue weighted by atomic mass is 35.5. The number of amides is 1. The molecule has 0 spiro atoms. The van der Waals surface area contributed by atoms with Crippen molar-refractivity contribution in [3.63, 3.8) is 0 Å². The lowest BCUT2D eigenvalue weighted by Gasteiger charge is -2.20.